The third kappa shape index (κ3) is 3.11. The summed E-state index contributed by atoms with van der Waals surface area (Å²) in [5.74, 6) is 0. The second-order valence-corrected chi connectivity index (χ2v) is 5.93. The molecule has 3 rings (SSSR count). The van der Waals surface area contributed by atoms with E-state index in [-0.39, 0.29) is 0 Å². The summed E-state index contributed by atoms with van der Waals surface area (Å²) in [6.45, 7) is 0.524. The summed E-state index contributed by atoms with van der Waals surface area (Å²) in [5.41, 5.74) is 1.82. The van der Waals surface area contributed by atoms with Gasteiger partial charge in [-0.05, 0) is 35.0 Å². The number of rotatable bonds is 3. The number of anilines is 1. The Morgan fingerprint density at radius 2 is 1.48 bits per heavy atom. The summed E-state index contributed by atoms with van der Waals surface area (Å²) in [5, 5.41) is 7.35. The zero-order valence-corrected chi connectivity index (χ0v) is 13.3. The van der Waals surface area contributed by atoms with Crippen LogP contribution >= 0.6 is 34.8 Å². The van der Waals surface area contributed by atoms with Gasteiger partial charge in [-0.3, -0.25) is 0 Å². The maximum atomic E-state index is 6.20. The van der Waals surface area contributed by atoms with Crippen LogP contribution in [0.3, 0.4) is 0 Å². The van der Waals surface area contributed by atoms with Crippen LogP contribution in [0.25, 0.3) is 10.8 Å². The standard InChI is InChI=1S/C17H12Cl3N/c18-15-7-8-16(19)17(20)14(15)10-21-13-6-5-11-3-1-2-4-12(11)9-13/h1-9,21H,10H2. The van der Waals surface area contributed by atoms with E-state index in [1.54, 1.807) is 12.1 Å². The Kier molecular flexibility index (Phi) is 4.25. The SMILES string of the molecule is Clc1ccc(Cl)c(CNc2ccc3ccccc3c2)c1Cl. The lowest BCUT2D eigenvalue weighted by atomic mass is 10.1. The molecule has 0 aliphatic carbocycles. The summed E-state index contributed by atoms with van der Waals surface area (Å²) in [4.78, 5) is 0. The zero-order valence-electron chi connectivity index (χ0n) is 11.0. The van der Waals surface area contributed by atoms with Crippen LogP contribution in [0.2, 0.25) is 15.1 Å². The van der Waals surface area contributed by atoms with Crippen molar-refractivity contribution in [3.05, 3.63) is 75.2 Å². The number of halogens is 3. The number of hydrogen-bond donors (Lipinski definition) is 1. The van der Waals surface area contributed by atoms with Crippen LogP contribution in [-0.2, 0) is 6.54 Å². The Hall–Kier alpha value is -1.41. The first kappa shape index (κ1) is 14.5. The van der Waals surface area contributed by atoms with Gasteiger partial charge in [-0.2, -0.15) is 0 Å². The van der Waals surface area contributed by atoms with E-state index in [1.165, 1.54) is 10.8 Å². The van der Waals surface area contributed by atoms with Crippen LogP contribution < -0.4 is 5.32 Å². The molecule has 0 saturated heterocycles. The summed E-state index contributed by atoms with van der Waals surface area (Å²) < 4.78 is 0. The maximum Gasteiger partial charge on any atom is 0.0657 e. The second-order valence-electron chi connectivity index (χ2n) is 4.74. The third-order valence-corrected chi connectivity index (χ3v) is 4.56. The Morgan fingerprint density at radius 1 is 0.762 bits per heavy atom. The van der Waals surface area contributed by atoms with Gasteiger partial charge in [0.05, 0.1) is 10.0 Å². The average Bonchev–Trinajstić information content (AvgIpc) is 2.51. The van der Waals surface area contributed by atoms with Gasteiger partial charge in [0.15, 0.2) is 0 Å². The van der Waals surface area contributed by atoms with Crippen molar-refractivity contribution in [2.24, 2.45) is 0 Å². The van der Waals surface area contributed by atoms with E-state index in [0.717, 1.165) is 11.3 Å². The number of fused-ring (bicyclic) bond motifs is 1. The van der Waals surface area contributed by atoms with Gasteiger partial charge in [0.2, 0.25) is 0 Å². The molecule has 3 aromatic carbocycles. The lowest BCUT2D eigenvalue weighted by Crippen LogP contribution is -2.01. The Labute approximate surface area is 138 Å². The molecule has 0 spiro atoms. The van der Waals surface area contributed by atoms with Gasteiger partial charge in [-0.15, -0.1) is 0 Å². The van der Waals surface area contributed by atoms with Crippen molar-refractivity contribution in [1.82, 2.24) is 0 Å². The normalized spacial score (nSPS) is 10.8. The van der Waals surface area contributed by atoms with Gasteiger partial charge in [-0.25, -0.2) is 0 Å². The summed E-state index contributed by atoms with van der Waals surface area (Å²) in [6, 6.07) is 17.9. The van der Waals surface area contributed by atoms with Crippen LogP contribution in [0.4, 0.5) is 5.69 Å². The highest BCUT2D eigenvalue weighted by atomic mass is 35.5. The highest BCUT2D eigenvalue weighted by molar-refractivity contribution is 6.44. The molecule has 0 unspecified atom stereocenters. The average molecular weight is 337 g/mol. The lowest BCUT2D eigenvalue weighted by Gasteiger charge is -2.11. The molecule has 106 valence electrons. The van der Waals surface area contributed by atoms with E-state index < -0.39 is 0 Å². The fourth-order valence-corrected chi connectivity index (χ4v) is 2.90. The van der Waals surface area contributed by atoms with Crippen LogP contribution in [0.15, 0.2) is 54.6 Å². The van der Waals surface area contributed by atoms with E-state index in [9.17, 15) is 0 Å². The minimum atomic E-state index is 0.498. The van der Waals surface area contributed by atoms with Crippen LogP contribution in [0.5, 0.6) is 0 Å². The first-order valence-corrected chi connectivity index (χ1v) is 7.63. The second kappa shape index (κ2) is 6.15. The largest absolute Gasteiger partial charge is 0.381 e. The number of benzene rings is 3. The molecule has 0 amide bonds. The van der Waals surface area contributed by atoms with Crippen molar-refractivity contribution >= 4 is 51.3 Å². The van der Waals surface area contributed by atoms with Gasteiger partial charge in [0, 0.05) is 22.8 Å². The summed E-state index contributed by atoms with van der Waals surface area (Å²) >= 11 is 18.4. The summed E-state index contributed by atoms with van der Waals surface area (Å²) in [7, 11) is 0. The van der Waals surface area contributed by atoms with E-state index in [0.29, 0.717) is 21.6 Å². The van der Waals surface area contributed by atoms with Crippen molar-refractivity contribution in [3.8, 4) is 0 Å². The maximum absolute atomic E-state index is 6.20. The van der Waals surface area contributed by atoms with E-state index in [2.05, 4.69) is 29.6 Å². The van der Waals surface area contributed by atoms with Gasteiger partial charge >= 0.3 is 0 Å². The van der Waals surface area contributed by atoms with Crippen molar-refractivity contribution < 1.29 is 0 Å². The molecule has 3 aromatic rings. The van der Waals surface area contributed by atoms with Gasteiger partial charge in [-0.1, -0.05) is 65.1 Å². The molecule has 1 N–H and O–H groups in total. The minimum absolute atomic E-state index is 0.498. The highest BCUT2D eigenvalue weighted by Crippen LogP contribution is 2.32. The van der Waals surface area contributed by atoms with E-state index in [1.807, 2.05) is 18.2 Å². The quantitative estimate of drug-likeness (QED) is 0.545. The fraction of sp³-hybridized carbons (Fsp3) is 0.0588. The Bertz CT molecular complexity index is 799. The molecule has 0 aromatic heterocycles. The smallest absolute Gasteiger partial charge is 0.0657 e. The Balaban J connectivity index is 1.85. The van der Waals surface area contributed by atoms with Gasteiger partial charge in [0.1, 0.15) is 0 Å². The number of nitrogens with one attached hydrogen (secondary N) is 1. The number of hydrogen-bond acceptors (Lipinski definition) is 1. The molecule has 1 nitrogen and oxygen atoms in total. The fourth-order valence-electron chi connectivity index (χ4n) is 2.22. The van der Waals surface area contributed by atoms with Crippen LogP contribution in [-0.4, -0.2) is 0 Å². The Morgan fingerprint density at radius 3 is 2.29 bits per heavy atom. The van der Waals surface area contributed by atoms with Crippen LogP contribution in [0.1, 0.15) is 5.56 Å². The molecule has 0 radical (unpaired) electrons. The molecule has 0 atom stereocenters. The van der Waals surface area contributed by atoms with Gasteiger partial charge < -0.3 is 5.32 Å². The lowest BCUT2D eigenvalue weighted by molar-refractivity contribution is 1.15. The summed E-state index contributed by atoms with van der Waals surface area (Å²) in [6.07, 6.45) is 0. The van der Waals surface area contributed by atoms with Crippen molar-refractivity contribution in [2.75, 3.05) is 5.32 Å². The molecule has 0 saturated carbocycles. The van der Waals surface area contributed by atoms with Crippen molar-refractivity contribution in [1.29, 1.82) is 0 Å². The zero-order chi connectivity index (χ0) is 14.8. The van der Waals surface area contributed by atoms with Crippen LogP contribution in [0, 0.1) is 0 Å². The highest BCUT2D eigenvalue weighted by Gasteiger charge is 2.09. The monoisotopic (exact) mass is 335 g/mol. The molecule has 0 aliphatic heterocycles. The van der Waals surface area contributed by atoms with E-state index in [4.69, 9.17) is 34.8 Å². The van der Waals surface area contributed by atoms with E-state index >= 15 is 0 Å². The topological polar surface area (TPSA) is 12.0 Å². The molecular formula is C17H12Cl3N. The molecule has 21 heavy (non-hydrogen) atoms. The first-order valence-electron chi connectivity index (χ1n) is 6.50. The van der Waals surface area contributed by atoms with Crippen molar-refractivity contribution in [2.45, 2.75) is 6.54 Å². The molecule has 4 heteroatoms. The molecule has 0 bridgehead atoms. The third-order valence-electron chi connectivity index (χ3n) is 3.36. The van der Waals surface area contributed by atoms with Crippen molar-refractivity contribution in [3.63, 3.8) is 0 Å². The molecular weight excluding hydrogens is 325 g/mol. The predicted octanol–water partition coefficient (Wildman–Crippen LogP) is 6.41. The molecule has 0 aliphatic rings. The minimum Gasteiger partial charge on any atom is -0.381 e. The van der Waals surface area contributed by atoms with Gasteiger partial charge in [0.25, 0.3) is 0 Å². The first-order chi connectivity index (χ1) is 10.1. The molecule has 0 fully saturated rings. The molecule has 0 heterocycles. The predicted molar refractivity (Wildman–Crippen MR) is 92.7 cm³/mol.